The van der Waals surface area contributed by atoms with Crippen molar-refractivity contribution in [3.05, 3.63) is 34.5 Å². The van der Waals surface area contributed by atoms with Gasteiger partial charge in [0.2, 0.25) is 5.78 Å². The molecule has 0 aliphatic rings. The Morgan fingerprint density at radius 1 is 1.39 bits per heavy atom. The van der Waals surface area contributed by atoms with E-state index in [2.05, 4.69) is 15.1 Å². The number of nitrogens with zero attached hydrogens (tertiary/aromatic N) is 5. The maximum absolute atomic E-state index is 11.9. The van der Waals surface area contributed by atoms with Gasteiger partial charge in [-0.3, -0.25) is 4.79 Å². The largest absolute Gasteiger partial charge is 0.451 e. The zero-order valence-electron chi connectivity index (χ0n) is 12.8. The molecule has 0 bridgehead atoms. The minimum Gasteiger partial charge on any atom is -0.451 e. The molecule has 2 aromatic heterocycles. The van der Waals surface area contributed by atoms with Crippen LogP contribution in [-0.4, -0.2) is 37.9 Å². The van der Waals surface area contributed by atoms with E-state index in [1.165, 1.54) is 11.4 Å². The summed E-state index contributed by atoms with van der Waals surface area (Å²) in [5.41, 5.74) is 6.72. The lowest BCUT2D eigenvalue weighted by atomic mass is 10.1. The Balaban J connectivity index is 2.16. The zero-order chi connectivity index (χ0) is 17.1. The molecule has 9 heteroatoms. The molecule has 2 aromatic rings. The van der Waals surface area contributed by atoms with Crippen LogP contribution in [0, 0.1) is 25.2 Å². The number of allylic oxidation sites excluding steroid dienone is 1. The number of aromatic nitrogens is 4. The second-order valence-electron chi connectivity index (χ2n) is 4.86. The normalized spacial score (nSPS) is 11.7. The van der Waals surface area contributed by atoms with E-state index in [0.717, 1.165) is 11.4 Å². The molecule has 23 heavy (non-hydrogen) atoms. The van der Waals surface area contributed by atoms with Gasteiger partial charge in [-0.15, -0.1) is 5.10 Å². The number of hydrogen-bond acceptors (Lipinski definition) is 8. The lowest BCUT2D eigenvalue weighted by Crippen LogP contribution is -2.18. The average molecular weight is 314 g/mol. The van der Waals surface area contributed by atoms with Crippen molar-refractivity contribution in [1.82, 2.24) is 19.6 Å². The second-order valence-corrected chi connectivity index (χ2v) is 4.86. The van der Waals surface area contributed by atoms with Gasteiger partial charge in [-0.25, -0.2) is 14.3 Å². The van der Waals surface area contributed by atoms with Crippen molar-refractivity contribution in [2.45, 2.75) is 20.8 Å². The van der Waals surface area contributed by atoms with E-state index in [9.17, 15) is 9.59 Å². The monoisotopic (exact) mass is 314 g/mol. The molecule has 0 saturated heterocycles. The summed E-state index contributed by atoms with van der Waals surface area (Å²) in [5, 5.41) is 12.8. The SMILES string of the molecule is CC(N)=C(C#N)C(=O)COC(=O)c1nc2nc(C)cc(C)n2n1. The van der Waals surface area contributed by atoms with Gasteiger partial charge in [0.05, 0.1) is 0 Å². The number of ketones is 1. The number of rotatable bonds is 4. The van der Waals surface area contributed by atoms with E-state index in [-0.39, 0.29) is 22.9 Å². The number of fused-ring (bicyclic) bond motifs is 1. The van der Waals surface area contributed by atoms with Crippen molar-refractivity contribution in [2.75, 3.05) is 6.61 Å². The number of esters is 1. The third kappa shape index (κ3) is 3.32. The first-order valence-electron chi connectivity index (χ1n) is 6.61. The summed E-state index contributed by atoms with van der Waals surface area (Å²) in [5.74, 6) is -1.52. The maximum atomic E-state index is 11.9. The fourth-order valence-corrected chi connectivity index (χ4v) is 1.89. The Bertz CT molecular complexity index is 871. The molecular weight excluding hydrogens is 300 g/mol. The average Bonchev–Trinajstić information content (AvgIpc) is 2.89. The molecule has 0 aromatic carbocycles. The minimum atomic E-state index is -0.882. The summed E-state index contributed by atoms with van der Waals surface area (Å²) in [6, 6.07) is 3.45. The molecular formula is C14H14N6O3. The topological polar surface area (TPSA) is 136 Å². The van der Waals surface area contributed by atoms with Gasteiger partial charge in [-0.1, -0.05) is 0 Å². The molecule has 0 atom stereocenters. The van der Waals surface area contributed by atoms with Crippen molar-refractivity contribution >= 4 is 17.5 Å². The van der Waals surface area contributed by atoms with Crippen molar-refractivity contribution in [1.29, 1.82) is 5.26 Å². The van der Waals surface area contributed by atoms with Crippen LogP contribution in [0.15, 0.2) is 17.3 Å². The first-order chi connectivity index (χ1) is 10.8. The van der Waals surface area contributed by atoms with Crippen LogP contribution in [0.5, 0.6) is 0 Å². The number of ether oxygens (including phenoxy) is 1. The van der Waals surface area contributed by atoms with Gasteiger partial charge in [0, 0.05) is 17.1 Å². The van der Waals surface area contributed by atoms with Crippen LogP contribution in [0.4, 0.5) is 0 Å². The number of aryl methyl sites for hydroxylation is 2. The Hall–Kier alpha value is -3.28. The van der Waals surface area contributed by atoms with Crippen LogP contribution in [0.3, 0.4) is 0 Å². The van der Waals surface area contributed by atoms with E-state index in [1.807, 2.05) is 0 Å². The lowest BCUT2D eigenvalue weighted by Gasteiger charge is -2.01. The summed E-state index contributed by atoms with van der Waals surface area (Å²) >= 11 is 0. The van der Waals surface area contributed by atoms with E-state index >= 15 is 0 Å². The second kappa shape index (κ2) is 6.23. The molecule has 118 valence electrons. The van der Waals surface area contributed by atoms with Crippen molar-refractivity contribution < 1.29 is 14.3 Å². The summed E-state index contributed by atoms with van der Waals surface area (Å²) < 4.78 is 6.23. The highest BCUT2D eigenvalue weighted by atomic mass is 16.5. The predicted octanol–water partition coefficient (Wildman–Crippen LogP) is 0.223. The molecule has 0 spiro atoms. The summed E-state index contributed by atoms with van der Waals surface area (Å²) in [6.45, 7) is 4.39. The van der Waals surface area contributed by atoms with E-state index < -0.39 is 18.4 Å². The van der Waals surface area contributed by atoms with Crippen molar-refractivity contribution in [2.24, 2.45) is 5.73 Å². The van der Waals surface area contributed by atoms with Gasteiger partial charge in [-0.05, 0) is 26.8 Å². The predicted molar refractivity (Wildman–Crippen MR) is 78.0 cm³/mol. The minimum absolute atomic E-state index is 0.0645. The molecule has 9 nitrogen and oxygen atoms in total. The first kappa shape index (κ1) is 16.1. The van der Waals surface area contributed by atoms with Crippen molar-refractivity contribution in [3.63, 3.8) is 0 Å². The van der Waals surface area contributed by atoms with Gasteiger partial charge < -0.3 is 10.5 Å². The quantitative estimate of drug-likeness (QED) is 0.481. The summed E-state index contributed by atoms with van der Waals surface area (Å²) in [6.07, 6.45) is 0. The number of hydrogen-bond donors (Lipinski definition) is 1. The fourth-order valence-electron chi connectivity index (χ4n) is 1.89. The third-order valence-corrected chi connectivity index (χ3v) is 2.92. The van der Waals surface area contributed by atoms with E-state index in [4.69, 9.17) is 15.7 Å². The zero-order valence-corrected chi connectivity index (χ0v) is 12.8. The van der Waals surface area contributed by atoms with Gasteiger partial charge in [0.15, 0.2) is 6.61 Å². The molecule has 0 fully saturated rings. The first-order valence-corrected chi connectivity index (χ1v) is 6.61. The third-order valence-electron chi connectivity index (χ3n) is 2.92. The van der Waals surface area contributed by atoms with Gasteiger partial charge >= 0.3 is 5.97 Å². The number of Topliss-reactive ketones (excluding diaryl/α,β-unsaturated/α-hetero) is 1. The Kier molecular flexibility index (Phi) is 4.36. The van der Waals surface area contributed by atoms with Crippen LogP contribution in [0.1, 0.15) is 28.9 Å². The van der Waals surface area contributed by atoms with Gasteiger partial charge in [0.25, 0.3) is 11.6 Å². The number of carbonyl (C=O) groups excluding carboxylic acids is 2. The lowest BCUT2D eigenvalue weighted by molar-refractivity contribution is -0.118. The summed E-state index contributed by atoms with van der Waals surface area (Å²) in [7, 11) is 0. The smallest absolute Gasteiger partial charge is 0.378 e. The van der Waals surface area contributed by atoms with E-state index in [1.54, 1.807) is 26.0 Å². The molecule has 2 heterocycles. The summed E-state index contributed by atoms with van der Waals surface area (Å²) in [4.78, 5) is 31.8. The Labute approximate surface area is 131 Å². The van der Waals surface area contributed by atoms with E-state index in [0.29, 0.717) is 0 Å². The number of carbonyl (C=O) groups is 2. The van der Waals surface area contributed by atoms with Gasteiger partial charge in [0.1, 0.15) is 11.6 Å². The van der Waals surface area contributed by atoms with Crippen molar-refractivity contribution in [3.8, 4) is 6.07 Å². The highest BCUT2D eigenvalue weighted by Crippen LogP contribution is 2.07. The number of nitrogens with two attached hydrogens (primary N) is 1. The standard InChI is InChI=1S/C14H14N6O3/c1-7-4-8(2)20-14(17-7)18-12(19-20)13(22)23-6-11(21)10(5-15)9(3)16/h4H,6,16H2,1-3H3. The molecule has 0 amide bonds. The van der Waals surface area contributed by atoms with Crippen LogP contribution < -0.4 is 5.73 Å². The molecule has 0 aliphatic carbocycles. The highest BCUT2D eigenvalue weighted by molar-refractivity contribution is 6.01. The fraction of sp³-hybridized carbons (Fsp3) is 0.286. The van der Waals surface area contributed by atoms with Crippen LogP contribution in [0.2, 0.25) is 0 Å². The van der Waals surface area contributed by atoms with Crippen LogP contribution >= 0.6 is 0 Å². The van der Waals surface area contributed by atoms with Gasteiger partial charge in [-0.2, -0.15) is 10.2 Å². The van der Waals surface area contributed by atoms with Crippen LogP contribution in [0.25, 0.3) is 5.78 Å². The molecule has 2 N–H and O–H groups in total. The number of nitriles is 1. The highest BCUT2D eigenvalue weighted by Gasteiger charge is 2.19. The van der Waals surface area contributed by atoms with Crippen LogP contribution in [-0.2, 0) is 9.53 Å². The molecule has 0 unspecified atom stereocenters. The Morgan fingerprint density at radius 3 is 2.70 bits per heavy atom. The maximum Gasteiger partial charge on any atom is 0.378 e. The molecule has 0 radical (unpaired) electrons. The Morgan fingerprint density at radius 2 is 2.09 bits per heavy atom. The molecule has 0 aliphatic heterocycles. The molecule has 0 saturated carbocycles. The molecule has 2 rings (SSSR count).